The van der Waals surface area contributed by atoms with Gasteiger partial charge < -0.3 is 18.9 Å². The van der Waals surface area contributed by atoms with Crippen molar-refractivity contribution in [1.29, 1.82) is 0 Å². The highest BCUT2D eigenvalue weighted by atomic mass is 32.1. The summed E-state index contributed by atoms with van der Waals surface area (Å²) in [4.78, 5) is 9.70. The molecule has 0 fully saturated rings. The maximum Gasteiger partial charge on any atom is 0.119 e. The highest BCUT2D eigenvalue weighted by molar-refractivity contribution is 7.13. The van der Waals surface area contributed by atoms with Crippen molar-refractivity contribution < 1.29 is 18.9 Å². The second kappa shape index (κ2) is 16.5. The SMILES string of the molecule is COc1ccc(C2(c3ccc(OC)cc3)C=Cc3c(-c4cncs4)n[nH]c3C2)cc1.COc1ccc(C2(c3ccc(OC)cc3)C=Cc3c(-c4cscn4)n[nH]c3C2)cc1. The van der Waals surface area contributed by atoms with Gasteiger partial charge in [-0.25, -0.2) is 4.98 Å². The third-order valence-corrected chi connectivity index (χ3v) is 12.9. The Balaban J connectivity index is 0.000000154. The third-order valence-electron chi connectivity index (χ3n) is 11.5. The normalized spacial score (nSPS) is 14.3. The molecule has 0 amide bonds. The number of benzene rings is 4. The van der Waals surface area contributed by atoms with Gasteiger partial charge in [-0.15, -0.1) is 22.7 Å². The van der Waals surface area contributed by atoms with E-state index in [0.29, 0.717) is 0 Å². The van der Waals surface area contributed by atoms with Crippen LogP contribution in [0.5, 0.6) is 23.0 Å². The fourth-order valence-electron chi connectivity index (χ4n) is 8.25. The van der Waals surface area contributed by atoms with E-state index in [9.17, 15) is 0 Å². The zero-order chi connectivity index (χ0) is 41.1. The van der Waals surface area contributed by atoms with Crippen molar-refractivity contribution in [1.82, 2.24) is 30.4 Å². The van der Waals surface area contributed by atoms with Crippen LogP contribution in [-0.4, -0.2) is 58.8 Å². The molecule has 0 atom stereocenters. The first-order chi connectivity index (χ1) is 29.5. The maximum atomic E-state index is 5.37. The molecule has 2 N–H and O–H groups in total. The molecule has 2 aliphatic carbocycles. The highest BCUT2D eigenvalue weighted by Gasteiger charge is 2.38. The maximum absolute atomic E-state index is 5.37. The van der Waals surface area contributed by atoms with Crippen molar-refractivity contribution in [3.63, 3.8) is 0 Å². The molecular formula is C48H42N6O4S2. The summed E-state index contributed by atoms with van der Waals surface area (Å²) in [7, 11) is 6.75. The number of H-pyrrole nitrogens is 2. The Morgan fingerprint density at radius 3 is 1.32 bits per heavy atom. The van der Waals surface area contributed by atoms with E-state index < -0.39 is 0 Å². The summed E-state index contributed by atoms with van der Waals surface area (Å²) in [6.07, 6.45) is 12.3. The number of fused-ring (bicyclic) bond motifs is 2. The van der Waals surface area contributed by atoms with Crippen LogP contribution < -0.4 is 18.9 Å². The molecule has 10 rings (SSSR count). The van der Waals surface area contributed by atoms with Crippen LogP contribution in [0.4, 0.5) is 0 Å². The standard InChI is InChI=1S/2C24H21N3O2S/c1-28-18-7-3-16(4-8-18)24(17-5-9-19(29-2)10-6-17)12-11-20-21(13-24)26-27-23(20)22-14-30-15-25-22;1-28-18-7-3-16(4-8-18)24(17-5-9-19(29-2)10-6-17)12-11-20-21(13-24)26-27-23(20)22-14-25-15-30-22/h2*3-12,14-15H,13H2,1-2H3,(H,26,27). The molecule has 0 radical (unpaired) electrons. The summed E-state index contributed by atoms with van der Waals surface area (Å²) in [6.45, 7) is 0. The van der Waals surface area contributed by atoms with Gasteiger partial charge in [0.2, 0.25) is 0 Å². The monoisotopic (exact) mass is 830 g/mol. The van der Waals surface area contributed by atoms with Crippen molar-refractivity contribution in [3.05, 3.63) is 177 Å². The molecule has 8 aromatic rings. The van der Waals surface area contributed by atoms with Crippen molar-refractivity contribution in [2.24, 2.45) is 0 Å². The summed E-state index contributed by atoms with van der Waals surface area (Å²) in [5.74, 6) is 3.38. The minimum absolute atomic E-state index is 0.316. The summed E-state index contributed by atoms with van der Waals surface area (Å²) < 4.78 is 21.5. The van der Waals surface area contributed by atoms with Gasteiger partial charge in [-0.1, -0.05) is 72.8 Å². The van der Waals surface area contributed by atoms with Gasteiger partial charge in [-0.2, -0.15) is 10.2 Å². The minimum atomic E-state index is -0.322. The molecule has 4 aromatic heterocycles. The van der Waals surface area contributed by atoms with Gasteiger partial charge in [-0.05, 0) is 70.8 Å². The molecule has 60 heavy (non-hydrogen) atoms. The summed E-state index contributed by atoms with van der Waals surface area (Å²) in [5.41, 5.74) is 15.1. The highest BCUT2D eigenvalue weighted by Crippen LogP contribution is 2.45. The molecule has 10 nitrogen and oxygen atoms in total. The molecule has 0 bridgehead atoms. The quantitative estimate of drug-likeness (QED) is 0.140. The van der Waals surface area contributed by atoms with Crippen molar-refractivity contribution in [3.8, 4) is 45.0 Å². The molecule has 300 valence electrons. The van der Waals surface area contributed by atoms with E-state index in [1.54, 1.807) is 51.1 Å². The van der Waals surface area contributed by atoms with Gasteiger partial charge >= 0.3 is 0 Å². The van der Waals surface area contributed by atoms with E-state index in [2.05, 4.69) is 103 Å². The number of methoxy groups -OCH3 is 4. The van der Waals surface area contributed by atoms with Crippen LogP contribution in [0.1, 0.15) is 44.8 Å². The Hall–Kier alpha value is -6.76. The summed E-state index contributed by atoms with van der Waals surface area (Å²) in [6, 6.07) is 33.2. The lowest BCUT2D eigenvalue weighted by Crippen LogP contribution is -2.30. The summed E-state index contributed by atoms with van der Waals surface area (Å²) in [5, 5.41) is 17.8. The van der Waals surface area contributed by atoms with Gasteiger partial charge in [0.05, 0.1) is 44.3 Å². The van der Waals surface area contributed by atoms with Crippen LogP contribution in [0.15, 0.2) is 132 Å². The van der Waals surface area contributed by atoms with Crippen molar-refractivity contribution >= 4 is 34.8 Å². The Kier molecular flexibility index (Phi) is 10.6. The Labute approximate surface area is 356 Å². The molecule has 0 saturated heterocycles. The molecule has 4 aromatic carbocycles. The molecule has 4 heterocycles. The molecule has 0 saturated carbocycles. The number of ether oxygens (including phenoxy) is 4. The van der Waals surface area contributed by atoms with Crippen molar-refractivity contribution in [2.75, 3.05) is 28.4 Å². The van der Waals surface area contributed by atoms with Crippen LogP contribution >= 0.6 is 22.7 Å². The van der Waals surface area contributed by atoms with E-state index >= 15 is 0 Å². The number of allylic oxidation sites excluding steroid dienone is 2. The average molecular weight is 831 g/mol. The van der Waals surface area contributed by atoms with E-state index in [0.717, 1.165) is 80.3 Å². The molecule has 12 heteroatoms. The molecule has 0 spiro atoms. The van der Waals surface area contributed by atoms with Crippen LogP contribution in [0.3, 0.4) is 0 Å². The Morgan fingerprint density at radius 1 is 0.533 bits per heavy atom. The van der Waals surface area contributed by atoms with E-state index in [-0.39, 0.29) is 10.8 Å². The fourth-order valence-corrected chi connectivity index (χ4v) is 9.42. The zero-order valence-corrected chi connectivity index (χ0v) is 35.1. The van der Waals surface area contributed by atoms with Crippen LogP contribution in [0, 0.1) is 0 Å². The number of aromatic nitrogens is 6. The topological polar surface area (TPSA) is 120 Å². The minimum Gasteiger partial charge on any atom is -0.497 e. The van der Waals surface area contributed by atoms with Crippen molar-refractivity contribution in [2.45, 2.75) is 23.7 Å². The number of thiazole rings is 2. The largest absolute Gasteiger partial charge is 0.497 e. The second-order valence-electron chi connectivity index (χ2n) is 14.5. The Bertz CT molecular complexity index is 2450. The lowest BCUT2D eigenvalue weighted by atomic mass is 9.68. The first kappa shape index (κ1) is 38.7. The van der Waals surface area contributed by atoms with Gasteiger partial charge in [0.1, 0.15) is 40.1 Å². The van der Waals surface area contributed by atoms with Gasteiger partial charge in [0.25, 0.3) is 0 Å². The van der Waals surface area contributed by atoms with Crippen LogP contribution in [0.2, 0.25) is 0 Å². The zero-order valence-electron chi connectivity index (χ0n) is 33.5. The Morgan fingerprint density at radius 2 is 0.950 bits per heavy atom. The number of hydrogen-bond donors (Lipinski definition) is 2. The van der Waals surface area contributed by atoms with Gasteiger partial charge in [0, 0.05) is 57.8 Å². The lowest BCUT2D eigenvalue weighted by Gasteiger charge is -2.34. The van der Waals surface area contributed by atoms with Gasteiger partial charge in [0.15, 0.2) is 0 Å². The summed E-state index contributed by atoms with van der Waals surface area (Å²) >= 11 is 3.18. The average Bonchev–Trinajstić information content (AvgIpc) is 4.17. The lowest BCUT2D eigenvalue weighted by molar-refractivity contribution is 0.413. The molecule has 0 aliphatic heterocycles. The van der Waals surface area contributed by atoms with E-state index in [1.807, 2.05) is 71.1 Å². The van der Waals surface area contributed by atoms with Crippen LogP contribution in [0.25, 0.3) is 34.1 Å². The molecular weight excluding hydrogens is 789 g/mol. The predicted octanol–water partition coefficient (Wildman–Crippen LogP) is 10.2. The first-order valence-electron chi connectivity index (χ1n) is 19.4. The third kappa shape index (κ3) is 7.07. The smallest absolute Gasteiger partial charge is 0.119 e. The van der Waals surface area contributed by atoms with E-state index in [4.69, 9.17) is 18.9 Å². The number of nitrogens with zero attached hydrogens (tertiary/aromatic N) is 4. The van der Waals surface area contributed by atoms with E-state index in [1.165, 1.54) is 22.3 Å². The van der Waals surface area contributed by atoms with Gasteiger partial charge in [-0.3, -0.25) is 15.2 Å². The number of hydrogen-bond acceptors (Lipinski definition) is 10. The first-order valence-corrected chi connectivity index (χ1v) is 21.2. The second-order valence-corrected chi connectivity index (χ2v) is 16.2. The van der Waals surface area contributed by atoms with Crippen LogP contribution in [-0.2, 0) is 23.7 Å². The predicted molar refractivity (Wildman–Crippen MR) is 238 cm³/mol. The number of rotatable bonds is 10. The number of nitrogens with one attached hydrogen (secondary N) is 2. The molecule has 0 unspecified atom stereocenters. The fraction of sp³-hybridized carbons (Fsp3) is 0.167. The number of aromatic amines is 2. The molecule has 2 aliphatic rings.